The number of amides is 2. The third-order valence-electron chi connectivity index (χ3n) is 5.92. The van der Waals surface area contributed by atoms with Crippen LogP contribution in [0.25, 0.3) is 0 Å². The molecule has 2 saturated heterocycles. The third kappa shape index (κ3) is 3.44. The third-order valence-corrected chi connectivity index (χ3v) is 6.15. The minimum absolute atomic E-state index is 0.0827. The number of carboxylic acid groups (broad SMARTS) is 1. The van der Waals surface area contributed by atoms with Gasteiger partial charge in [0.05, 0.1) is 23.9 Å². The van der Waals surface area contributed by atoms with E-state index in [0.29, 0.717) is 19.4 Å². The van der Waals surface area contributed by atoms with Gasteiger partial charge in [0, 0.05) is 12.0 Å². The highest BCUT2D eigenvalue weighted by molar-refractivity contribution is 6.28. The summed E-state index contributed by atoms with van der Waals surface area (Å²) in [6.07, 6.45) is 3.82. The van der Waals surface area contributed by atoms with Gasteiger partial charge in [-0.1, -0.05) is 11.6 Å². The van der Waals surface area contributed by atoms with Crippen LogP contribution >= 0.6 is 11.6 Å². The second-order valence-corrected chi connectivity index (χ2v) is 8.09. The molecular weight excluding hydrogens is 346 g/mol. The van der Waals surface area contributed by atoms with Crippen molar-refractivity contribution in [3.8, 4) is 0 Å². The summed E-state index contributed by atoms with van der Waals surface area (Å²) in [5.41, 5.74) is 0.718. The Hall–Kier alpha value is -1.11. The van der Waals surface area contributed by atoms with Crippen molar-refractivity contribution in [1.82, 2.24) is 4.90 Å². The second-order valence-electron chi connectivity index (χ2n) is 7.82. The summed E-state index contributed by atoms with van der Waals surface area (Å²) >= 11 is 5.60. The molecule has 140 valence electrons. The predicted molar refractivity (Wildman–Crippen MR) is 92.7 cm³/mol. The summed E-state index contributed by atoms with van der Waals surface area (Å²) in [5.74, 6) is -0.806. The number of epoxide rings is 2. The lowest BCUT2D eigenvalue weighted by Crippen LogP contribution is -2.52. The molecule has 7 heteroatoms. The number of ether oxygens (including phenoxy) is 2. The lowest BCUT2D eigenvalue weighted by Gasteiger charge is -2.40. The molecule has 1 spiro atoms. The molecule has 0 aromatic heterocycles. The molecular formula is C18H26ClNO5. The van der Waals surface area contributed by atoms with Gasteiger partial charge in [-0.05, 0) is 46.5 Å². The number of halogens is 1. The average Bonchev–Trinajstić information content (AvgIpc) is 3.45. The van der Waals surface area contributed by atoms with E-state index in [-0.39, 0.29) is 35.1 Å². The largest absolute Gasteiger partial charge is 0.465 e. The fourth-order valence-electron chi connectivity index (χ4n) is 4.35. The van der Waals surface area contributed by atoms with Gasteiger partial charge in [-0.25, -0.2) is 9.69 Å². The van der Waals surface area contributed by atoms with Crippen LogP contribution in [0.5, 0.6) is 0 Å². The fraction of sp³-hybridized carbons (Fsp3) is 0.778. The van der Waals surface area contributed by atoms with Gasteiger partial charge in [-0.2, -0.15) is 0 Å². The van der Waals surface area contributed by atoms with Crippen LogP contribution in [0.4, 0.5) is 4.79 Å². The summed E-state index contributed by atoms with van der Waals surface area (Å²) in [4.78, 5) is 24.5. The highest BCUT2D eigenvalue weighted by Crippen LogP contribution is 2.59. The predicted octanol–water partition coefficient (Wildman–Crippen LogP) is 3.18. The molecule has 2 aliphatic heterocycles. The monoisotopic (exact) mass is 371 g/mol. The Morgan fingerprint density at radius 3 is 2.60 bits per heavy atom. The number of hydrogen-bond donors (Lipinski definition) is 1. The number of carbonyl (C=O) groups excluding carboxylic acids is 1. The van der Waals surface area contributed by atoms with E-state index < -0.39 is 12.0 Å². The molecule has 3 fully saturated rings. The van der Waals surface area contributed by atoms with Crippen molar-refractivity contribution in [2.24, 2.45) is 5.92 Å². The van der Waals surface area contributed by atoms with E-state index in [1.54, 1.807) is 0 Å². The lowest BCUT2D eigenvalue weighted by molar-refractivity contribution is -0.130. The molecule has 3 aliphatic rings. The van der Waals surface area contributed by atoms with Crippen molar-refractivity contribution in [1.29, 1.82) is 0 Å². The van der Waals surface area contributed by atoms with Gasteiger partial charge in [0.1, 0.15) is 5.88 Å². The SMILES string of the molecule is CC(C)=CCC1OC1(C)C1CC(N(C(=O)O)C(=O)CCl)CCC12CO2. The number of hydrogen-bond acceptors (Lipinski definition) is 4. The molecule has 6 nitrogen and oxygen atoms in total. The maximum atomic E-state index is 12.0. The minimum Gasteiger partial charge on any atom is -0.465 e. The Kier molecular flexibility index (Phi) is 4.90. The molecule has 2 heterocycles. The number of rotatable bonds is 5. The van der Waals surface area contributed by atoms with Gasteiger partial charge in [0.15, 0.2) is 0 Å². The highest BCUT2D eigenvalue weighted by Gasteiger charge is 2.69. The summed E-state index contributed by atoms with van der Waals surface area (Å²) in [7, 11) is 0. The number of nitrogens with zero attached hydrogens (tertiary/aromatic N) is 1. The topological polar surface area (TPSA) is 82.7 Å². The van der Waals surface area contributed by atoms with Crippen LogP contribution in [0.15, 0.2) is 11.6 Å². The van der Waals surface area contributed by atoms with Crippen molar-refractivity contribution < 1.29 is 24.2 Å². The first-order valence-corrected chi connectivity index (χ1v) is 9.33. The summed E-state index contributed by atoms with van der Waals surface area (Å²) in [6, 6.07) is -0.367. The Labute approximate surface area is 153 Å². The first-order valence-electron chi connectivity index (χ1n) is 8.79. The molecule has 5 atom stereocenters. The van der Waals surface area contributed by atoms with Crippen molar-refractivity contribution >= 4 is 23.6 Å². The Morgan fingerprint density at radius 2 is 2.08 bits per heavy atom. The average molecular weight is 372 g/mol. The number of imide groups is 1. The van der Waals surface area contributed by atoms with Crippen molar-refractivity contribution in [2.45, 2.75) is 69.8 Å². The molecule has 1 aliphatic carbocycles. The minimum atomic E-state index is -1.23. The van der Waals surface area contributed by atoms with Crippen LogP contribution in [0, 0.1) is 5.92 Å². The molecule has 2 amide bonds. The lowest BCUT2D eigenvalue weighted by atomic mass is 9.69. The Bertz CT molecular complexity index is 598. The van der Waals surface area contributed by atoms with Gasteiger partial charge in [0.25, 0.3) is 0 Å². The van der Waals surface area contributed by atoms with Gasteiger partial charge in [-0.15, -0.1) is 11.6 Å². The van der Waals surface area contributed by atoms with Gasteiger partial charge < -0.3 is 14.6 Å². The molecule has 1 N–H and O–H groups in total. The standard InChI is InChI=1S/C18H26ClNO5/c1-11(2)4-5-14-17(3,25-14)13-8-12(6-7-18(13)10-24-18)20(16(22)23)15(21)9-19/h4,12-14H,5-10H2,1-3H3,(H,22,23). The first kappa shape index (κ1) is 18.7. The number of allylic oxidation sites excluding steroid dienone is 1. The Balaban J connectivity index is 1.75. The zero-order valence-electron chi connectivity index (χ0n) is 15.0. The van der Waals surface area contributed by atoms with Crippen LogP contribution in [0.1, 0.15) is 46.5 Å². The van der Waals surface area contributed by atoms with Crippen LogP contribution in [-0.4, -0.2) is 57.8 Å². The van der Waals surface area contributed by atoms with Gasteiger partial charge >= 0.3 is 6.09 Å². The molecule has 0 radical (unpaired) electrons. The molecule has 0 aromatic rings. The normalized spacial score (nSPS) is 39.0. The quantitative estimate of drug-likeness (QED) is 0.456. The van der Waals surface area contributed by atoms with Gasteiger partial charge in [-0.3, -0.25) is 4.79 Å². The van der Waals surface area contributed by atoms with E-state index in [1.165, 1.54) is 5.57 Å². The van der Waals surface area contributed by atoms with E-state index in [2.05, 4.69) is 26.8 Å². The molecule has 3 rings (SSSR count). The van der Waals surface area contributed by atoms with E-state index in [0.717, 1.165) is 17.7 Å². The Morgan fingerprint density at radius 1 is 1.40 bits per heavy atom. The van der Waals surface area contributed by atoms with Crippen molar-refractivity contribution in [3.63, 3.8) is 0 Å². The zero-order valence-corrected chi connectivity index (χ0v) is 15.7. The van der Waals surface area contributed by atoms with Crippen LogP contribution < -0.4 is 0 Å². The summed E-state index contributed by atoms with van der Waals surface area (Å²) in [6.45, 7) is 6.89. The maximum absolute atomic E-state index is 12.0. The van der Waals surface area contributed by atoms with Crippen LogP contribution in [0.2, 0.25) is 0 Å². The van der Waals surface area contributed by atoms with Crippen LogP contribution in [0.3, 0.4) is 0 Å². The number of alkyl halides is 1. The summed E-state index contributed by atoms with van der Waals surface area (Å²) in [5, 5.41) is 9.45. The van der Waals surface area contributed by atoms with E-state index >= 15 is 0 Å². The zero-order chi connectivity index (χ0) is 18.4. The fourth-order valence-corrected chi connectivity index (χ4v) is 4.48. The van der Waals surface area contributed by atoms with Gasteiger partial charge in [0.2, 0.25) is 5.91 Å². The van der Waals surface area contributed by atoms with E-state index in [4.69, 9.17) is 21.1 Å². The van der Waals surface area contributed by atoms with E-state index in [1.807, 2.05) is 0 Å². The molecule has 25 heavy (non-hydrogen) atoms. The van der Waals surface area contributed by atoms with Crippen molar-refractivity contribution in [3.05, 3.63) is 11.6 Å². The second kappa shape index (κ2) is 6.56. The highest BCUT2D eigenvalue weighted by atomic mass is 35.5. The molecule has 0 aromatic carbocycles. The van der Waals surface area contributed by atoms with E-state index in [9.17, 15) is 14.7 Å². The first-order chi connectivity index (χ1) is 11.7. The molecule has 0 bridgehead atoms. The smallest absolute Gasteiger partial charge is 0.414 e. The molecule has 5 unspecified atom stereocenters. The van der Waals surface area contributed by atoms with Crippen molar-refractivity contribution in [2.75, 3.05) is 12.5 Å². The maximum Gasteiger partial charge on any atom is 0.414 e. The van der Waals surface area contributed by atoms with Crippen LogP contribution in [-0.2, 0) is 14.3 Å². The number of carbonyl (C=O) groups is 2. The molecule has 1 saturated carbocycles. The summed E-state index contributed by atoms with van der Waals surface area (Å²) < 4.78 is 11.8.